The first kappa shape index (κ1) is 29.5. The van der Waals surface area contributed by atoms with Crippen molar-refractivity contribution in [1.29, 1.82) is 15.8 Å². The summed E-state index contributed by atoms with van der Waals surface area (Å²) in [6, 6.07) is 38.8. The van der Waals surface area contributed by atoms with Gasteiger partial charge in [0.25, 0.3) is 0 Å². The van der Waals surface area contributed by atoms with Gasteiger partial charge in [-0.05, 0) is 77.9 Å². The highest BCUT2D eigenvalue weighted by atomic mass is 15.0. The van der Waals surface area contributed by atoms with Crippen LogP contribution in [0.15, 0.2) is 121 Å². The number of hydrogen-bond donors (Lipinski definition) is 0. The minimum absolute atomic E-state index is 0.159. The van der Waals surface area contributed by atoms with Crippen molar-refractivity contribution in [2.45, 2.75) is 25.2 Å². The number of aromatic nitrogens is 2. The van der Waals surface area contributed by atoms with Crippen LogP contribution in [0.25, 0.3) is 56.5 Å². The van der Waals surface area contributed by atoms with Crippen LogP contribution in [-0.2, 0) is 12.8 Å². The maximum Gasteiger partial charge on any atom is 0.101 e. The van der Waals surface area contributed by atoms with Crippen LogP contribution in [0.5, 0.6) is 0 Å². The Hall–Kier alpha value is -6.61. The monoisotopic (exact) mass is 641 g/mol. The molecular formula is C45H31N5. The first-order valence-electron chi connectivity index (χ1n) is 17.1. The molecule has 0 saturated heterocycles. The number of allylic oxidation sites excluding steroid dienone is 6. The van der Waals surface area contributed by atoms with Crippen molar-refractivity contribution in [2.75, 3.05) is 0 Å². The van der Waals surface area contributed by atoms with Crippen LogP contribution in [0.3, 0.4) is 0 Å². The van der Waals surface area contributed by atoms with Crippen molar-refractivity contribution < 1.29 is 0 Å². The first-order chi connectivity index (χ1) is 24.7. The summed E-state index contributed by atoms with van der Waals surface area (Å²) in [5.74, 6) is -0.761. The van der Waals surface area contributed by atoms with Gasteiger partial charge in [-0.15, -0.1) is 0 Å². The van der Waals surface area contributed by atoms with Crippen molar-refractivity contribution in [3.63, 3.8) is 0 Å². The van der Waals surface area contributed by atoms with E-state index in [1.165, 1.54) is 21.9 Å². The second kappa shape index (κ2) is 11.8. The molecule has 4 aromatic carbocycles. The Morgan fingerprint density at radius 2 is 1.46 bits per heavy atom. The predicted molar refractivity (Wildman–Crippen MR) is 200 cm³/mol. The molecule has 50 heavy (non-hydrogen) atoms. The van der Waals surface area contributed by atoms with Crippen LogP contribution in [-0.4, -0.2) is 9.13 Å². The molecule has 236 valence electrons. The number of fused-ring (bicyclic) bond motifs is 6. The highest BCUT2D eigenvalue weighted by molar-refractivity contribution is 6.10. The molecule has 9 rings (SSSR count). The Bertz CT molecular complexity index is 2580. The van der Waals surface area contributed by atoms with E-state index in [1.807, 2.05) is 18.2 Å². The molecular weight excluding hydrogens is 611 g/mol. The van der Waals surface area contributed by atoms with Crippen LogP contribution in [0, 0.1) is 45.8 Å². The van der Waals surface area contributed by atoms with E-state index >= 15 is 0 Å². The fourth-order valence-corrected chi connectivity index (χ4v) is 8.37. The van der Waals surface area contributed by atoms with E-state index in [2.05, 4.69) is 143 Å². The summed E-state index contributed by atoms with van der Waals surface area (Å²) in [6.07, 6.45) is 17.3. The van der Waals surface area contributed by atoms with E-state index in [-0.39, 0.29) is 11.8 Å². The number of nitriles is 3. The second-order valence-corrected chi connectivity index (χ2v) is 13.2. The van der Waals surface area contributed by atoms with Gasteiger partial charge in [0, 0.05) is 39.3 Å². The SMILES string of the molecule is N#Cc1cccc(-c2cccc(C3C=CC=C(n4c5ccccc5c5ccccc54)C3C#N)c2)c1-n1c2c(c3c1C=CC(C#N)C3)CCC=C2. The Labute approximate surface area is 290 Å². The molecule has 0 saturated carbocycles. The Kier molecular flexibility index (Phi) is 6.98. The molecule has 2 heterocycles. The summed E-state index contributed by atoms with van der Waals surface area (Å²) in [6.45, 7) is 0. The summed E-state index contributed by atoms with van der Waals surface area (Å²) < 4.78 is 4.50. The minimum atomic E-state index is -0.425. The summed E-state index contributed by atoms with van der Waals surface area (Å²) in [4.78, 5) is 0. The van der Waals surface area contributed by atoms with E-state index in [0.717, 1.165) is 63.3 Å². The van der Waals surface area contributed by atoms with Gasteiger partial charge in [-0.1, -0.05) is 97.1 Å². The van der Waals surface area contributed by atoms with Gasteiger partial charge in [0.1, 0.15) is 6.07 Å². The van der Waals surface area contributed by atoms with E-state index in [9.17, 15) is 15.8 Å². The summed E-state index contributed by atoms with van der Waals surface area (Å²) in [5, 5.41) is 33.4. The molecule has 0 aliphatic heterocycles. The lowest BCUT2D eigenvalue weighted by Crippen LogP contribution is -2.18. The van der Waals surface area contributed by atoms with Crippen molar-refractivity contribution in [3.05, 3.63) is 155 Å². The third-order valence-corrected chi connectivity index (χ3v) is 10.6. The fourth-order valence-electron chi connectivity index (χ4n) is 8.37. The van der Waals surface area contributed by atoms with Gasteiger partial charge >= 0.3 is 0 Å². The molecule has 0 radical (unpaired) electrons. The third-order valence-electron chi connectivity index (χ3n) is 10.6. The first-order valence-corrected chi connectivity index (χ1v) is 17.1. The lowest BCUT2D eigenvalue weighted by Gasteiger charge is -2.27. The van der Waals surface area contributed by atoms with Gasteiger partial charge in [0.05, 0.1) is 46.3 Å². The second-order valence-electron chi connectivity index (χ2n) is 13.2. The third kappa shape index (κ3) is 4.43. The molecule has 0 N–H and O–H groups in total. The molecule has 0 amide bonds. The average Bonchev–Trinajstić information content (AvgIpc) is 3.69. The van der Waals surface area contributed by atoms with Crippen molar-refractivity contribution >= 4 is 39.7 Å². The number of nitrogens with zero attached hydrogens (tertiary/aromatic N) is 5. The van der Waals surface area contributed by atoms with Gasteiger partial charge in [-0.25, -0.2) is 0 Å². The maximum atomic E-state index is 10.8. The Morgan fingerprint density at radius 1 is 0.700 bits per heavy atom. The highest BCUT2D eigenvalue weighted by Crippen LogP contribution is 2.44. The van der Waals surface area contributed by atoms with Crippen molar-refractivity contribution in [3.8, 4) is 35.0 Å². The molecule has 3 unspecified atom stereocenters. The molecule has 0 fully saturated rings. The van der Waals surface area contributed by atoms with Crippen molar-refractivity contribution in [2.24, 2.45) is 11.8 Å². The van der Waals surface area contributed by atoms with Crippen molar-refractivity contribution in [1.82, 2.24) is 9.13 Å². The topological polar surface area (TPSA) is 81.2 Å². The number of rotatable bonds is 4. The Balaban J connectivity index is 1.18. The minimum Gasteiger partial charge on any atom is -0.312 e. The largest absolute Gasteiger partial charge is 0.312 e. The lowest BCUT2D eigenvalue weighted by molar-refractivity contribution is 0.704. The predicted octanol–water partition coefficient (Wildman–Crippen LogP) is 10.1. The van der Waals surface area contributed by atoms with Gasteiger partial charge in [-0.2, -0.15) is 15.8 Å². The smallest absolute Gasteiger partial charge is 0.101 e. The molecule has 5 heteroatoms. The molecule has 3 aliphatic carbocycles. The van der Waals surface area contributed by atoms with Gasteiger partial charge in [-0.3, -0.25) is 0 Å². The number of hydrogen-bond acceptors (Lipinski definition) is 3. The summed E-state index contributed by atoms with van der Waals surface area (Å²) in [7, 11) is 0. The molecule has 3 atom stereocenters. The molecule has 2 aromatic heterocycles. The van der Waals surface area contributed by atoms with Crippen LogP contribution in [0.1, 0.15) is 46.0 Å². The fraction of sp³-hybridized carbons (Fsp3) is 0.133. The zero-order valence-electron chi connectivity index (χ0n) is 27.3. The average molecular weight is 642 g/mol. The Morgan fingerprint density at radius 3 is 2.22 bits per heavy atom. The van der Waals surface area contributed by atoms with Crippen LogP contribution in [0.2, 0.25) is 0 Å². The van der Waals surface area contributed by atoms with Gasteiger partial charge in [0.15, 0.2) is 0 Å². The summed E-state index contributed by atoms with van der Waals surface area (Å²) >= 11 is 0. The van der Waals surface area contributed by atoms with E-state index in [1.54, 1.807) is 0 Å². The summed E-state index contributed by atoms with van der Waals surface area (Å²) in [5.41, 5.74) is 12.2. The van der Waals surface area contributed by atoms with Crippen LogP contribution < -0.4 is 0 Å². The maximum absolute atomic E-state index is 10.8. The van der Waals surface area contributed by atoms with Crippen LogP contribution in [0.4, 0.5) is 0 Å². The van der Waals surface area contributed by atoms with E-state index in [4.69, 9.17) is 0 Å². The molecule has 3 aliphatic rings. The highest BCUT2D eigenvalue weighted by Gasteiger charge is 2.31. The molecule has 5 nitrogen and oxygen atoms in total. The number of para-hydroxylation sites is 3. The molecule has 6 aromatic rings. The standard InChI is InChI=1S/C45H31N5/c46-26-29-22-23-44-38(24-29)37-15-3-6-20-42(37)50(44)45-32(27-47)12-8-17-34(45)31-11-7-10-30(25-31)33-16-9-21-43(39(33)28-48)49-40-18-4-1-13-35(40)36-14-2-5-19-41(36)49/h1-2,4-14,16-23,25,29,33,39H,3,15,24H2. The van der Waals surface area contributed by atoms with Gasteiger partial charge < -0.3 is 9.13 Å². The zero-order chi connectivity index (χ0) is 33.8. The van der Waals surface area contributed by atoms with E-state index < -0.39 is 5.92 Å². The molecule has 0 bridgehead atoms. The van der Waals surface area contributed by atoms with Gasteiger partial charge in [0.2, 0.25) is 0 Å². The normalized spacial score (nSPS) is 19.0. The van der Waals surface area contributed by atoms with E-state index in [0.29, 0.717) is 12.0 Å². The van der Waals surface area contributed by atoms with Crippen LogP contribution >= 0.6 is 0 Å². The zero-order valence-corrected chi connectivity index (χ0v) is 27.3. The lowest BCUT2D eigenvalue weighted by atomic mass is 9.80. The number of benzene rings is 4. The molecule has 0 spiro atoms. The quantitative estimate of drug-likeness (QED) is 0.192.